The molecular formula is C12H11N5. The highest BCUT2D eigenvalue weighted by molar-refractivity contribution is 5.71. The lowest BCUT2D eigenvalue weighted by molar-refractivity contribution is 0.962. The molecule has 3 rings (SSSR count). The van der Waals surface area contributed by atoms with Crippen molar-refractivity contribution in [3.05, 3.63) is 49.1 Å². The van der Waals surface area contributed by atoms with Crippen molar-refractivity contribution in [2.75, 3.05) is 5.73 Å². The molecule has 0 bridgehead atoms. The second-order valence-corrected chi connectivity index (χ2v) is 3.66. The zero-order valence-electron chi connectivity index (χ0n) is 9.04. The van der Waals surface area contributed by atoms with Crippen molar-refractivity contribution in [1.29, 1.82) is 0 Å². The summed E-state index contributed by atoms with van der Waals surface area (Å²) in [6, 6.07) is 9.87. The van der Waals surface area contributed by atoms with Crippen LogP contribution in [0.25, 0.3) is 17.2 Å². The third kappa shape index (κ3) is 1.67. The lowest BCUT2D eigenvalue weighted by Gasteiger charge is -1.97. The molecule has 0 saturated heterocycles. The van der Waals surface area contributed by atoms with E-state index < -0.39 is 0 Å². The van der Waals surface area contributed by atoms with E-state index in [9.17, 15) is 0 Å². The number of imidazole rings is 2. The zero-order valence-corrected chi connectivity index (χ0v) is 9.04. The molecule has 2 aromatic heterocycles. The second-order valence-electron chi connectivity index (χ2n) is 3.66. The van der Waals surface area contributed by atoms with Gasteiger partial charge in [-0.15, -0.1) is 0 Å². The predicted molar refractivity (Wildman–Crippen MR) is 65.6 cm³/mol. The maximum atomic E-state index is 5.90. The maximum Gasteiger partial charge on any atom is 0.214 e. The largest absolute Gasteiger partial charge is 0.382 e. The fourth-order valence-electron chi connectivity index (χ4n) is 1.71. The van der Waals surface area contributed by atoms with Crippen LogP contribution in [-0.4, -0.2) is 19.5 Å². The summed E-state index contributed by atoms with van der Waals surface area (Å²) in [7, 11) is 0. The fraction of sp³-hybridized carbons (Fsp3) is 0. The number of nitrogen functional groups attached to an aromatic ring is 1. The van der Waals surface area contributed by atoms with E-state index in [0.717, 1.165) is 11.3 Å². The van der Waals surface area contributed by atoms with Gasteiger partial charge >= 0.3 is 0 Å². The summed E-state index contributed by atoms with van der Waals surface area (Å²) in [6.45, 7) is 0. The molecule has 0 aliphatic rings. The maximum absolute atomic E-state index is 5.90. The van der Waals surface area contributed by atoms with Gasteiger partial charge < -0.3 is 10.7 Å². The van der Waals surface area contributed by atoms with Gasteiger partial charge in [-0.25, -0.2) is 4.98 Å². The molecule has 0 aliphatic heterocycles. The van der Waals surface area contributed by atoms with E-state index in [1.165, 1.54) is 0 Å². The lowest BCUT2D eigenvalue weighted by Crippen LogP contribution is -1.92. The molecule has 84 valence electrons. The van der Waals surface area contributed by atoms with E-state index in [4.69, 9.17) is 5.73 Å². The van der Waals surface area contributed by atoms with Crippen LogP contribution in [-0.2, 0) is 0 Å². The summed E-state index contributed by atoms with van der Waals surface area (Å²) < 4.78 is 1.78. The van der Waals surface area contributed by atoms with Gasteiger partial charge in [0.1, 0.15) is 6.33 Å². The third-order valence-corrected chi connectivity index (χ3v) is 2.53. The van der Waals surface area contributed by atoms with Crippen LogP contribution in [0.5, 0.6) is 0 Å². The topological polar surface area (TPSA) is 72.5 Å². The number of aromatic nitrogens is 4. The molecule has 0 fully saturated rings. The molecule has 0 spiro atoms. The number of hydrogen-bond acceptors (Lipinski definition) is 3. The molecule has 5 nitrogen and oxygen atoms in total. The van der Waals surface area contributed by atoms with Crippen molar-refractivity contribution >= 4 is 5.82 Å². The van der Waals surface area contributed by atoms with E-state index >= 15 is 0 Å². The van der Waals surface area contributed by atoms with Crippen molar-refractivity contribution in [3.8, 4) is 17.2 Å². The predicted octanol–water partition coefficient (Wildman–Crippen LogP) is 1.84. The number of nitrogens with zero attached hydrogens (tertiary/aromatic N) is 3. The van der Waals surface area contributed by atoms with Gasteiger partial charge in [-0.3, -0.25) is 4.57 Å². The standard InChI is InChI=1S/C12H11N5/c13-11-10(9-4-2-1-3-5-9)15-12(16-11)17-7-6-14-8-17/h1-8H,13H2,(H,15,16). The molecule has 0 aliphatic carbocycles. The number of aromatic amines is 1. The minimum atomic E-state index is 0.486. The highest BCUT2D eigenvalue weighted by Gasteiger charge is 2.09. The summed E-state index contributed by atoms with van der Waals surface area (Å²) in [5.41, 5.74) is 7.75. The van der Waals surface area contributed by atoms with E-state index in [0.29, 0.717) is 11.8 Å². The number of nitrogens with one attached hydrogen (secondary N) is 1. The Balaban J connectivity index is 2.08. The Kier molecular flexibility index (Phi) is 2.15. The van der Waals surface area contributed by atoms with E-state index in [-0.39, 0.29) is 0 Å². The van der Waals surface area contributed by atoms with Gasteiger partial charge in [-0.1, -0.05) is 30.3 Å². The summed E-state index contributed by atoms with van der Waals surface area (Å²) in [5, 5.41) is 0. The highest BCUT2D eigenvalue weighted by Crippen LogP contribution is 2.23. The first-order chi connectivity index (χ1) is 8.34. The van der Waals surface area contributed by atoms with Crippen LogP contribution in [0.2, 0.25) is 0 Å². The number of benzene rings is 1. The number of nitrogens with two attached hydrogens (primary N) is 1. The smallest absolute Gasteiger partial charge is 0.214 e. The van der Waals surface area contributed by atoms with Gasteiger partial charge in [0, 0.05) is 18.0 Å². The average molecular weight is 225 g/mol. The summed E-state index contributed by atoms with van der Waals surface area (Å²) in [5.74, 6) is 1.15. The van der Waals surface area contributed by atoms with E-state index in [1.54, 1.807) is 17.1 Å². The van der Waals surface area contributed by atoms with Crippen LogP contribution in [0.3, 0.4) is 0 Å². The molecule has 0 radical (unpaired) electrons. The van der Waals surface area contributed by atoms with Crippen LogP contribution in [0.15, 0.2) is 49.1 Å². The number of rotatable bonds is 2. The average Bonchev–Trinajstić information content (AvgIpc) is 2.99. The Morgan fingerprint density at radius 2 is 2.00 bits per heavy atom. The molecule has 17 heavy (non-hydrogen) atoms. The quantitative estimate of drug-likeness (QED) is 0.699. The Morgan fingerprint density at radius 1 is 1.18 bits per heavy atom. The van der Waals surface area contributed by atoms with Crippen LogP contribution in [0, 0.1) is 0 Å². The van der Waals surface area contributed by atoms with Gasteiger partial charge in [0.25, 0.3) is 0 Å². The minimum absolute atomic E-state index is 0.486. The fourth-order valence-corrected chi connectivity index (χ4v) is 1.71. The highest BCUT2D eigenvalue weighted by atomic mass is 15.2. The Labute approximate surface area is 98.0 Å². The molecule has 2 heterocycles. The molecule has 1 aromatic carbocycles. The molecule has 0 saturated carbocycles. The summed E-state index contributed by atoms with van der Waals surface area (Å²) in [4.78, 5) is 11.4. The zero-order chi connectivity index (χ0) is 11.7. The van der Waals surface area contributed by atoms with Crippen molar-refractivity contribution in [3.63, 3.8) is 0 Å². The van der Waals surface area contributed by atoms with Gasteiger partial charge in [0.05, 0.1) is 5.69 Å². The van der Waals surface area contributed by atoms with Crippen LogP contribution < -0.4 is 5.73 Å². The van der Waals surface area contributed by atoms with Gasteiger partial charge in [-0.2, -0.15) is 4.98 Å². The van der Waals surface area contributed by atoms with Gasteiger partial charge in [-0.05, 0) is 0 Å². The van der Waals surface area contributed by atoms with Crippen molar-refractivity contribution in [2.45, 2.75) is 0 Å². The monoisotopic (exact) mass is 225 g/mol. The Bertz CT molecular complexity index is 610. The first kappa shape index (κ1) is 9.65. The van der Waals surface area contributed by atoms with Gasteiger partial charge in [0.2, 0.25) is 5.95 Å². The lowest BCUT2D eigenvalue weighted by atomic mass is 10.2. The molecule has 3 N–H and O–H groups in total. The second kappa shape index (κ2) is 3.79. The van der Waals surface area contributed by atoms with Crippen LogP contribution >= 0.6 is 0 Å². The Hall–Kier alpha value is -2.56. The molecular weight excluding hydrogens is 214 g/mol. The van der Waals surface area contributed by atoms with Crippen molar-refractivity contribution in [1.82, 2.24) is 19.5 Å². The first-order valence-corrected chi connectivity index (χ1v) is 5.24. The first-order valence-electron chi connectivity index (χ1n) is 5.24. The molecule has 5 heteroatoms. The normalized spacial score (nSPS) is 10.6. The Morgan fingerprint density at radius 3 is 2.71 bits per heavy atom. The molecule has 3 aromatic rings. The minimum Gasteiger partial charge on any atom is -0.382 e. The number of H-pyrrole nitrogens is 1. The van der Waals surface area contributed by atoms with Crippen molar-refractivity contribution in [2.24, 2.45) is 0 Å². The summed E-state index contributed by atoms with van der Waals surface area (Å²) >= 11 is 0. The van der Waals surface area contributed by atoms with Crippen LogP contribution in [0.4, 0.5) is 5.82 Å². The summed E-state index contributed by atoms with van der Waals surface area (Å²) in [6.07, 6.45) is 5.18. The van der Waals surface area contributed by atoms with Crippen molar-refractivity contribution < 1.29 is 0 Å². The number of hydrogen-bond donors (Lipinski definition) is 2. The molecule has 0 amide bonds. The SMILES string of the molecule is Nc1nc(-n2ccnc2)[nH]c1-c1ccccc1. The molecule has 0 unspecified atom stereocenters. The van der Waals surface area contributed by atoms with E-state index in [2.05, 4.69) is 15.0 Å². The number of anilines is 1. The van der Waals surface area contributed by atoms with Gasteiger partial charge in [0.15, 0.2) is 5.82 Å². The van der Waals surface area contributed by atoms with E-state index in [1.807, 2.05) is 36.5 Å². The van der Waals surface area contributed by atoms with Crippen LogP contribution in [0.1, 0.15) is 0 Å². The molecule has 0 atom stereocenters. The third-order valence-electron chi connectivity index (χ3n) is 2.53.